The number of hydrogen-bond acceptors (Lipinski definition) is 4. The largest absolute Gasteiger partial charge is 0.338 e. The highest BCUT2D eigenvalue weighted by molar-refractivity contribution is 5.82. The van der Waals surface area contributed by atoms with Crippen LogP contribution in [0.4, 0.5) is 0 Å². The summed E-state index contributed by atoms with van der Waals surface area (Å²) in [5.74, 6) is 0.118. The summed E-state index contributed by atoms with van der Waals surface area (Å²) in [6.07, 6.45) is 0. The van der Waals surface area contributed by atoms with E-state index in [1.54, 1.807) is 11.8 Å². The van der Waals surface area contributed by atoms with Crippen LogP contribution in [-0.2, 0) is 9.59 Å². The van der Waals surface area contributed by atoms with Crippen LogP contribution in [0.1, 0.15) is 20.8 Å². The van der Waals surface area contributed by atoms with Crippen LogP contribution in [0.5, 0.6) is 0 Å². The molecule has 0 unspecified atom stereocenters. The summed E-state index contributed by atoms with van der Waals surface area (Å²) >= 11 is 0. The van der Waals surface area contributed by atoms with Gasteiger partial charge in [-0.15, -0.1) is 0 Å². The van der Waals surface area contributed by atoms with Gasteiger partial charge in [-0.2, -0.15) is 0 Å². The first-order chi connectivity index (χ1) is 8.99. The van der Waals surface area contributed by atoms with Gasteiger partial charge in [-0.3, -0.25) is 14.5 Å². The zero-order valence-electron chi connectivity index (χ0n) is 12.3. The molecular weight excluding hydrogens is 244 g/mol. The fraction of sp³-hybridized carbons (Fsp3) is 0.846. The standard InChI is InChI=1S/C13H26N4O2/c1-4-15(5-2)10-12(18)16-6-8-17(9-7-16)13(19)11(3)14/h11H,4-10,14H2,1-3H3/t11-/m1/s1. The van der Waals surface area contributed by atoms with E-state index in [4.69, 9.17) is 5.73 Å². The Kier molecular flexibility index (Phi) is 6.24. The molecule has 0 aromatic heterocycles. The van der Waals surface area contributed by atoms with Crippen molar-refractivity contribution >= 4 is 11.8 Å². The van der Waals surface area contributed by atoms with Gasteiger partial charge in [0.1, 0.15) is 0 Å². The quantitative estimate of drug-likeness (QED) is 0.720. The molecule has 0 radical (unpaired) electrons. The predicted octanol–water partition coefficient (Wildman–Crippen LogP) is -0.654. The molecule has 0 aromatic carbocycles. The predicted molar refractivity (Wildman–Crippen MR) is 74.6 cm³/mol. The van der Waals surface area contributed by atoms with Gasteiger partial charge in [0.2, 0.25) is 11.8 Å². The van der Waals surface area contributed by atoms with E-state index >= 15 is 0 Å². The van der Waals surface area contributed by atoms with Gasteiger partial charge in [0.05, 0.1) is 12.6 Å². The van der Waals surface area contributed by atoms with Crippen LogP contribution in [0.15, 0.2) is 0 Å². The zero-order chi connectivity index (χ0) is 14.4. The number of piperazine rings is 1. The van der Waals surface area contributed by atoms with Crippen molar-refractivity contribution in [3.8, 4) is 0 Å². The summed E-state index contributed by atoms with van der Waals surface area (Å²) in [5, 5.41) is 0. The molecule has 0 bridgehead atoms. The summed E-state index contributed by atoms with van der Waals surface area (Å²) in [6, 6.07) is -0.460. The Bertz CT molecular complexity index is 308. The second kappa shape index (κ2) is 7.45. The Balaban J connectivity index is 2.41. The fourth-order valence-electron chi connectivity index (χ4n) is 2.20. The summed E-state index contributed by atoms with van der Waals surface area (Å²) in [7, 11) is 0. The smallest absolute Gasteiger partial charge is 0.239 e. The first-order valence-electron chi connectivity index (χ1n) is 7.04. The number of hydrogen-bond donors (Lipinski definition) is 1. The molecule has 0 saturated carbocycles. The van der Waals surface area contributed by atoms with Crippen LogP contribution < -0.4 is 5.73 Å². The van der Waals surface area contributed by atoms with Crippen molar-refractivity contribution in [2.75, 3.05) is 45.8 Å². The number of nitrogens with two attached hydrogens (primary N) is 1. The number of nitrogens with zero attached hydrogens (tertiary/aromatic N) is 3. The number of rotatable bonds is 5. The average Bonchev–Trinajstić information content (AvgIpc) is 2.43. The lowest BCUT2D eigenvalue weighted by molar-refractivity contribution is -0.140. The number of carbonyl (C=O) groups excluding carboxylic acids is 2. The maximum atomic E-state index is 12.1. The molecule has 110 valence electrons. The van der Waals surface area contributed by atoms with E-state index in [-0.39, 0.29) is 11.8 Å². The lowest BCUT2D eigenvalue weighted by Crippen LogP contribution is -2.55. The average molecular weight is 270 g/mol. The number of likely N-dealkylation sites (N-methyl/N-ethyl adjacent to an activating group) is 1. The minimum Gasteiger partial charge on any atom is -0.338 e. The maximum Gasteiger partial charge on any atom is 0.239 e. The molecular formula is C13H26N4O2. The van der Waals surface area contributed by atoms with Crippen LogP contribution in [0.3, 0.4) is 0 Å². The van der Waals surface area contributed by atoms with Crippen molar-refractivity contribution in [1.82, 2.24) is 14.7 Å². The summed E-state index contributed by atoms with van der Waals surface area (Å²) in [4.78, 5) is 29.5. The Morgan fingerprint density at radius 3 is 2.00 bits per heavy atom. The van der Waals surface area contributed by atoms with Crippen LogP contribution in [0.25, 0.3) is 0 Å². The summed E-state index contributed by atoms with van der Waals surface area (Å²) in [5.41, 5.74) is 5.58. The van der Waals surface area contributed by atoms with Crippen molar-refractivity contribution in [3.05, 3.63) is 0 Å². The van der Waals surface area contributed by atoms with E-state index in [2.05, 4.69) is 18.7 Å². The molecule has 1 aliphatic rings. The Hall–Kier alpha value is -1.14. The second-order valence-electron chi connectivity index (χ2n) is 4.96. The van der Waals surface area contributed by atoms with Gasteiger partial charge in [0.15, 0.2) is 0 Å². The van der Waals surface area contributed by atoms with Gasteiger partial charge in [-0.1, -0.05) is 13.8 Å². The van der Waals surface area contributed by atoms with Crippen LogP contribution in [0.2, 0.25) is 0 Å². The zero-order valence-corrected chi connectivity index (χ0v) is 12.3. The van der Waals surface area contributed by atoms with Crippen molar-refractivity contribution < 1.29 is 9.59 Å². The number of amides is 2. The van der Waals surface area contributed by atoms with Gasteiger partial charge in [-0.25, -0.2) is 0 Å². The van der Waals surface area contributed by atoms with E-state index in [1.807, 2.05) is 4.90 Å². The molecule has 2 N–H and O–H groups in total. The Morgan fingerprint density at radius 1 is 1.11 bits per heavy atom. The lowest BCUT2D eigenvalue weighted by Gasteiger charge is -2.36. The third kappa shape index (κ3) is 4.47. The normalized spacial score (nSPS) is 17.7. The van der Waals surface area contributed by atoms with Crippen LogP contribution in [0, 0.1) is 0 Å². The summed E-state index contributed by atoms with van der Waals surface area (Å²) < 4.78 is 0. The molecule has 6 heteroatoms. The maximum absolute atomic E-state index is 12.1. The Morgan fingerprint density at radius 2 is 1.58 bits per heavy atom. The highest BCUT2D eigenvalue weighted by atomic mass is 16.2. The van der Waals surface area contributed by atoms with E-state index in [0.29, 0.717) is 32.7 Å². The third-order valence-electron chi connectivity index (χ3n) is 3.59. The van der Waals surface area contributed by atoms with E-state index in [1.165, 1.54) is 0 Å². The van der Waals surface area contributed by atoms with E-state index in [0.717, 1.165) is 13.1 Å². The lowest BCUT2D eigenvalue weighted by atomic mass is 10.2. The van der Waals surface area contributed by atoms with Crippen molar-refractivity contribution in [3.63, 3.8) is 0 Å². The fourth-order valence-corrected chi connectivity index (χ4v) is 2.20. The molecule has 1 rings (SSSR count). The summed E-state index contributed by atoms with van der Waals surface area (Å²) in [6.45, 7) is 10.4. The highest BCUT2D eigenvalue weighted by Crippen LogP contribution is 2.04. The second-order valence-corrected chi connectivity index (χ2v) is 4.96. The topological polar surface area (TPSA) is 69.9 Å². The molecule has 0 aliphatic carbocycles. The van der Waals surface area contributed by atoms with Crippen molar-refractivity contribution in [2.24, 2.45) is 5.73 Å². The molecule has 1 atom stereocenters. The molecule has 0 spiro atoms. The van der Waals surface area contributed by atoms with Gasteiger partial charge in [0.25, 0.3) is 0 Å². The van der Waals surface area contributed by atoms with Gasteiger partial charge < -0.3 is 15.5 Å². The minimum absolute atomic E-state index is 0.0316. The monoisotopic (exact) mass is 270 g/mol. The van der Waals surface area contributed by atoms with Crippen LogP contribution >= 0.6 is 0 Å². The van der Waals surface area contributed by atoms with E-state index < -0.39 is 6.04 Å². The third-order valence-corrected chi connectivity index (χ3v) is 3.59. The van der Waals surface area contributed by atoms with Gasteiger partial charge >= 0.3 is 0 Å². The van der Waals surface area contributed by atoms with Crippen LogP contribution in [-0.4, -0.2) is 78.4 Å². The molecule has 1 aliphatic heterocycles. The molecule has 1 fully saturated rings. The van der Waals surface area contributed by atoms with Crippen molar-refractivity contribution in [1.29, 1.82) is 0 Å². The van der Waals surface area contributed by atoms with Gasteiger partial charge in [0, 0.05) is 26.2 Å². The Labute approximate surface area is 115 Å². The first-order valence-corrected chi connectivity index (χ1v) is 7.04. The minimum atomic E-state index is -0.460. The highest BCUT2D eigenvalue weighted by Gasteiger charge is 2.25. The molecule has 1 saturated heterocycles. The number of carbonyl (C=O) groups is 2. The SMILES string of the molecule is CCN(CC)CC(=O)N1CCN(C(=O)[C@@H](C)N)CC1. The molecule has 2 amide bonds. The van der Waals surface area contributed by atoms with E-state index in [9.17, 15) is 9.59 Å². The molecule has 19 heavy (non-hydrogen) atoms. The molecule has 1 heterocycles. The first kappa shape index (κ1) is 15.9. The molecule has 0 aromatic rings. The van der Waals surface area contributed by atoms with Crippen molar-refractivity contribution in [2.45, 2.75) is 26.8 Å². The molecule has 6 nitrogen and oxygen atoms in total. The van der Waals surface area contributed by atoms with Gasteiger partial charge in [-0.05, 0) is 20.0 Å².